The summed E-state index contributed by atoms with van der Waals surface area (Å²) < 4.78 is 5.35. The van der Waals surface area contributed by atoms with Crippen LogP contribution >= 0.6 is 0 Å². The van der Waals surface area contributed by atoms with Crippen LogP contribution in [0.4, 0.5) is 4.79 Å². The zero-order valence-electron chi connectivity index (χ0n) is 9.06. The predicted molar refractivity (Wildman–Crippen MR) is 57.6 cm³/mol. The van der Waals surface area contributed by atoms with E-state index in [1.165, 1.54) is 5.56 Å². The first-order chi connectivity index (χ1) is 7.18. The predicted octanol–water partition coefficient (Wildman–Crippen LogP) is 2.51. The van der Waals surface area contributed by atoms with Gasteiger partial charge in [0.1, 0.15) is 6.10 Å². The number of carbonyl (C=O) groups is 1. The van der Waals surface area contributed by atoms with Crippen LogP contribution < -0.4 is 0 Å². The van der Waals surface area contributed by atoms with Crippen LogP contribution in [-0.4, -0.2) is 24.6 Å². The van der Waals surface area contributed by atoms with Crippen LogP contribution in [0.15, 0.2) is 24.3 Å². The van der Waals surface area contributed by atoms with Gasteiger partial charge >= 0.3 is 6.09 Å². The third-order valence-electron chi connectivity index (χ3n) is 2.82. The van der Waals surface area contributed by atoms with Crippen molar-refractivity contribution < 1.29 is 9.53 Å². The van der Waals surface area contributed by atoms with Crippen LogP contribution in [0, 0.1) is 6.92 Å². The number of benzene rings is 1. The third kappa shape index (κ3) is 1.96. The molecule has 1 aromatic carbocycles. The molecule has 2 rings (SSSR count). The number of rotatable bonds is 1. The third-order valence-corrected chi connectivity index (χ3v) is 2.82. The van der Waals surface area contributed by atoms with Gasteiger partial charge in [-0.3, -0.25) is 0 Å². The lowest BCUT2D eigenvalue weighted by Crippen LogP contribution is -2.36. The van der Waals surface area contributed by atoms with Crippen LogP contribution in [-0.2, 0) is 4.74 Å². The fraction of sp³-hybridized carbons (Fsp3) is 0.417. The molecule has 1 aliphatic rings. The maximum Gasteiger partial charge on any atom is 0.410 e. The summed E-state index contributed by atoms with van der Waals surface area (Å²) in [4.78, 5) is 13.0. The normalized spacial score (nSPS) is 21.3. The van der Waals surface area contributed by atoms with Gasteiger partial charge in [0.15, 0.2) is 0 Å². The quantitative estimate of drug-likeness (QED) is 0.705. The summed E-state index contributed by atoms with van der Waals surface area (Å²) in [7, 11) is 1.76. The number of hydrogen-bond donors (Lipinski definition) is 0. The highest BCUT2D eigenvalue weighted by Crippen LogP contribution is 2.28. The topological polar surface area (TPSA) is 29.5 Å². The van der Waals surface area contributed by atoms with Gasteiger partial charge in [0.25, 0.3) is 0 Å². The molecule has 0 saturated carbocycles. The molecule has 1 aromatic rings. The molecule has 0 aromatic heterocycles. The number of amides is 1. The summed E-state index contributed by atoms with van der Waals surface area (Å²) in [6, 6.07) is 8.05. The lowest BCUT2D eigenvalue weighted by Gasteiger charge is -2.30. The van der Waals surface area contributed by atoms with E-state index in [-0.39, 0.29) is 12.2 Å². The largest absolute Gasteiger partial charge is 0.441 e. The fourth-order valence-corrected chi connectivity index (χ4v) is 1.84. The summed E-state index contributed by atoms with van der Waals surface area (Å²) in [5.74, 6) is 0. The number of nitrogens with zero attached hydrogens (tertiary/aromatic N) is 1. The van der Waals surface area contributed by atoms with Gasteiger partial charge in [0, 0.05) is 20.0 Å². The first-order valence-electron chi connectivity index (χ1n) is 5.16. The first-order valence-corrected chi connectivity index (χ1v) is 5.16. The molecule has 80 valence electrons. The van der Waals surface area contributed by atoms with Gasteiger partial charge in [-0.05, 0) is 18.1 Å². The number of carbonyl (C=O) groups excluding carboxylic acids is 1. The lowest BCUT2D eigenvalue weighted by molar-refractivity contribution is 0.0322. The SMILES string of the molecule is Cc1ccccc1[C@@H]1CCN(C)C(=O)O1. The Kier molecular flexibility index (Phi) is 2.62. The fourth-order valence-electron chi connectivity index (χ4n) is 1.84. The molecule has 1 saturated heterocycles. The van der Waals surface area contributed by atoms with Crippen molar-refractivity contribution in [2.75, 3.05) is 13.6 Å². The molecule has 3 heteroatoms. The maximum atomic E-state index is 11.4. The Morgan fingerprint density at radius 2 is 2.13 bits per heavy atom. The van der Waals surface area contributed by atoms with Gasteiger partial charge in [-0.15, -0.1) is 0 Å². The summed E-state index contributed by atoms with van der Waals surface area (Å²) in [5.41, 5.74) is 2.30. The van der Waals surface area contributed by atoms with E-state index in [1.54, 1.807) is 11.9 Å². The zero-order chi connectivity index (χ0) is 10.8. The highest BCUT2D eigenvalue weighted by Gasteiger charge is 2.26. The highest BCUT2D eigenvalue weighted by atomic mass is 16.6. The Morgan fingerprint density at radius 3 is 2.80 bits per heavy atom. The molecular formula is C12H15NO2. The zero-order valence-corrected chi connectivity index (χ0v) is 9.06. The first kappa shape index (κ1) is 10.0. The minimum absolute atomic E-state index is 0.0742. The summed E-state index contributed by atoms with van der Waals surface area (Å²) >= 11 is 0. The van der Waals surface area contributed by atoms with Crippen molar-refractivity contribution in [3.05, 3.63) is 35.4 Å². The standard InChI is InChI=1S/C12H15NO2/c1-9-5-3-4-6-10(9)11-7-8-13(2)12(14)15-11/h3-6,11H,7-8H2,1-2H3/t11-/m0/s1. The van der Waals surface area contributed by atoms with Gasteiger partial charge in [-0.1, -0.05) is 24.3 Å². The van der Waals surface area contributed by atoms with Crippen molar-refractivity contribution in [3.63, 3.8) is 0 Å². The van der Waals surface area contributed by atoms with Gasteiger partial charge in [-0.25, -0.2) is 4.79 Å². The second kappa shape index (κ2) is 3.93. The van der Waals surface area contributed by atoms with Crippen LogP contribution in [0.25, 0.3) is 0 Å². The van der Waals surface area contributed by atoms with E-state index in [0.29, 0.717) is 0 Å². The Bertz CT molecular complexity index is 376. The molecular weight excluding hydrogens is 190 g/mol. The van der Waals surface area contributed by atoms with Gasteiger partial charge in [0.2, 0.25) is 0 Å². The Balaban J connectivity index is 2.19. The Morgan fingerprint density at radius 1 is 1.40 bits per heavy atom. The van der Waals surface area contributed by atoms with E-state index in [2.05, 4.69) is 0 Å². The molecule has 0 aliphatic carbocycles. The average Bonchev–Trinajstić information content (AvgIpc) is 2.23. The minimum Gasteiger partial charge on any atom is -0.441 e. The molecule has 0 N–H and O–H groups in total. The monoisotopic (exact) mass is 205 g/mol. The van der Waals surface area contributed by atoms with Crippen molar-refractivity contribution in [3.8, 4) is 0 Å². The van der Waals surface area contributed by atoms with Gasteiger partial charge in [-0.2, -0.15) is 0 Å². The molecule has 3 nitrogen and oxygen atoms in total. The van der Waals surface area contributed by atoms with Gasteiger partial charge in [0.05, 0.1) is 0 Å². The summed E-state index contributed by atoms with van der Waals surface area (Å²) in [6.07, 6.45) is 0.567. The number of ether oxygens (including phenoxy) is 1. The van der Waals surface area contributed by atoms with E-state index in [9.17, 15) is 4.79 Å². The number of aryl methyl sites for hydroxylation is 1. The van der Waals surface area contributed by atoms with Crippen molar-refractivity contribution in [1.29, 1.82) is 0 Å². The Hall–Kier alpha value is -1.51. The summed E-state index contributed by atoms with van der Waals surface area (Å²) in [6.45, 7) is 2.80. The summed E-state index contributed by atoms with van der Waals surface area (Å²) in [5, 5.41) is 0. The van der Waals surface area contributed by atoms with E-state index >= 15 is 0 Å². The molecule has 1 heterocycles. The van der Waals surface area contributed by atoms with Crippen LogP contribution in [0.5, 0.6) is 0 Å². The van der Waals surface area contributed by atoms with Crippen LogP contribution in [0.1, 0.15) is 23.7 Å². The number of cyclic esters (lactones) is 1. The van der Waals surface area contributed by atoms with Crippen molar-refractivity contribution >= 4 is 6.09 Å². The second-order valence-electron chi connectivity index (χ2n) is 3.94. The van der Waals surface area contributed by atoms with Crippen molar-refractivity contribution in [1.82, 2.24) is 4.90 Å². The average molecular weight is 205 g/mol. The molecule has 0 spiro atoms. The van der Waals surface area contributed by atoms with Crippen molar-refractivity contribution in [2.45, 2.75) is 19.4 Å². The molecule has 1 aliphatic heterocycles. The lowest BCUT2D eigenvalue weighted by atomic mass is 10.0. The van der Waals surface area contributed by atoms with Crippen LogP contribution in [0.3, 0.4) is 0 Å². The smallest absolute Gasteiger partial charge is 0.410 e. The van der Waals surface area contributed by atoms with Crippen LogP contribution in [0.2, 0.25) is 0 Å². The molecule has 0 radical (unpaired) electrons. The Labute approximate surface area is 89.7 Å². The van der Waals surface area contributed by atoms with Gasteiger partial charge < -0.3 is 9.64 Å². The molecule has 15 heavy (non-hydrogen) atoms. The van der Waals surface area contributed by atoms with E-state index in [0.717, 1.165) is 18.5 Å². The molecule has 1 atom stereocenters. The highest BCUT2D eigenvalue weighted by molar-refractivity contribution is 5.68. The molecule has 0 bridgehead atoms. The minimum atomic E-state index is -0.227. The number of hydrogen-bond acceptors (Lipinski definition) is 2. The maximum absolute atomic E-state index is 11.4. The van der Waals surface area contributed by atoms with E-state index in [4.69, 9.17) is 4.74 Å². The van der Waals surface area contributed by atoms with E-state index in [1.807, 2.05) is 31.2 Å². The van der Waals surface area contributed by atoms with E-state index < -0.39 is 0 Å². The molecule has 1 amide bonds. The second-order valence-corrected chi connectivity index (χ2v) is 3.94. The van der Waals surface area contributed by atoms with Crippen molar-refractivity contribution in [2.24, 2.45) is 0 Å². The molecule has 1 fully saturated rings. The molecule has 0 unspecified atom stereocenters.